The SMILES string of the molecule is COCCCn1cc(CC(=O)CCc2cnc(-c3ccc(O)cc3)s2)c(C(=O)O)c1. The van der Waals surface area contributed by atoms with Gasteiger partial charge in [-0.2, -0.15) is 0 Å². The van der Waals surface area contributed by atoms with Crippen LogP contribution in [-0.4, -0.2) is 45.2 Å². The van der Waals surface area contributed by atoms with Crippen molar-refractivity contribution >= 4 is 23.1 Å². The van der Waals surface area contributed by atoms with Crippen LogP contribution in [-0.2, 0) is 28.9 Å². The Bertz CT molecular complexity index is 1010. The molecule has 8 heteroatoms. The van der Waals surface area contributed by atoms with E-state index in [-0.39, 0.29) is 23.5 Å². The van der Waals surface area contributed by atoms with E-state index in [9.17, 15) is 19.8 Å². The number of aromatic nitrogens is 2. The number of phenolic OH excluding ortho intramolecular Hbond substituents is 1. The summed E-state index contributed by atoms with van der Waals surface area (Å²) in [5.41, 5.74) is 1.63. The maximum absolute atomic E-state index is 12.5. The molecule has 0 aliphatic carbocycles. The lowest BCUT2D eigenvalue weighted by Gasteiger charge is -2.01. The van der Waals surface area contributed by atoms with Gasteiger partial charge in [0.2, 0.25) is 0 Å². The second-order valence-electron chi connectivity index (χ2n) is 6.98. The number of hydrogen-bond donors (Lipinski definition) is 2. The third-order valence-corrected chi connectivity index (χ3v) is 5.77. The molecule has 0 bridgehead atoms. The Hall–Kier alpha value is -2.97. The van der Waals surface area contributed by atoms with Crippen molar-refractivity contribution in [2.24, 2.45) is 0 Å². The standard InChI is InChI=1S/C22H24N2O5S/c1-29-10-2-9-24-13-16(20(14-24)22(27)28)11-18(26)7-8-19-12-23-21(30-19)15-3-5-17(25)6-4-15/h3-6,12-14,25H,2,7-11H2,1H3,(H,27,28). The second-order valence-corrected chi connectivity index (χ2v) is 8.10. The predicted molar refractivity (Wildman–Crippen MR) is 114 cm³/mol. The van der Waals surface area contributed by atoms with Crippen molar-refractivity contribution in [3.63, 3.8) is 0 Å². The van der Waals surface area contributed by atoms with Gasteiger partial charge in [0.1, 0.15) is 16.5 Å². The normalized spacial score (nSPS) is 11.0. The molecule has 0 unspecified atom stereocenters. The number of aromatic carboxylic acids is 1. The Morgan fingerprint density at radius 1 is 1.20 bits per heavy atom. The molecule has 1 aromatic carbocycles. The summed E-state index contributed by atoms with van der Waals surface area (Å²) in [6.45, 7) is 1.24. The number of aromatic hydroxyl groups is 1. The third-order valence-electron chi connectivity index (χ3n) is 4.66. The number of aryl methyl sites for hydroxylation is 2. The average molecular weight is 429 g/mol. The van der Waals surface area contributed by atoms with Crippen LogP contribution in [0, 0.1) is 0 Å². The Labute approximate surface area is 178 Å². The zero-order valence-electron chi connectivity index (χ0n) is 16.7. The minimum Gasteiger partial charge on any atom is -0.508 e. The van der Waals surface area contributed by atoms with E-state index < -0.39 is 5.97 Å². The van der Waals surface area contributed by atoms with Crippen LogP contribution in [0.15, 0.2) is 42.9 Å². The molecule has 0 saturated heterocycles. The number of ether oxygens (including phenoxy) is 1. The van der Waals surface area contributed by atoms with E-state index in [1.54, 1.807) is 54.5 Å². The van der Waals surface area contributed by atoms with Crippen LogP contribution in [0.5, 0.6) is 5.75 Å². The predicted octanol–water partition coefficient (Wildman–Crippen LogP) is 3.80. The fourth-order valence-corrected chi connectivity index (χ4v) is 4.05. The van der Waals surface area contributed by atoms with Crippen LogP contribution < -0.4 is 0 Å². The van der Waals surface area contributed by atoms with Crippen molar-refractivity contribution in [3.05, 3.63) is 58.9 Å². The number of carbonyl (C=O) groups excluding carboxylic acids is 1. The Morgan fingerprint density at radius 3 is 2.67 bits per heavy atom. The maximum Gasteiger partial charge on any atom is 0.337 e. The lowest BCUT2D eigenvalue weighted by molar-refractivity contribution is -0.118. The summed E-state index contributed by atoms with van der Waals surface area (Å²) in [4.78, 5) is 29.4. The van der Waals surface area contributed by atoms with Gasteiger partial charge in [0.05, 0.1) is 5.56 Å². The second kappa shape index (κ2) is 10.2. The molecular formula is C22H24N2O5S. The van der Waals surface area contributed by atoms with Gasteiger partial charge in [-0.05, 0) is 42.7 Å². The molecule has 7 nitrogen and oxygen atoms in total. The zero-order chi connectivity index (χ0) is 21.5. The van der Waals surface area contributed by atoms with Gasteiger partial charge in [-0.15, -0.1) is 11.3 Å². The number of nitrogens with zero attached hydrogens (tertiary/aromatic N) is 2. The zero-order valence-corrected chi connectivity index (χ0v) is 17.5. The van der Waals surface area contributed by atoms with Gasteiger partial charge < -0.3 is 19.5 Å². The number of phenols is 1. The van der Waals surface area contributed by atoms with Gasteiger partial charge in [-0.3, -0.25) is 4.79 Å². The van der Waals surface area contributed by atoms with E-state index in [4.69, 9.17) is 4.74 Å². The van der Waals surface area contributed by atoms with Crippen LogP contribution in [0.2, 0.25) is 0 Å². The van der Waals surface area contributed by atoms with Crippen LogP contribution in [0.25, 0.3) is 10.6 Å². The number of carboxylic acid groups (broad SMARTS) is 1. The van der Waals surface area contributed by atoms with E-state index in [1.165, 1.54) is 11.3 Å². The van der Waals surface area contributed by atoms with Gasteiger partial charge >= 0.3 is 5.97 Å². The monoisotopic (exact) mass is 428 g/mol. The summed E-state index contributed by atoms with van der Waals surface area (Å²) in [7, 11) is 1.62. The van der Waals surface area contributed by atoms with Crippen molar-refractivity contribution in [2.45, 2.75) is 32.2 Å². The molecule has 0 spiro atoms. The number of carboxylic acids is 1. The summed E-state index contributed by atoms with van der Waals surface area (Å²) < 4.78 is 6.83. The average Bonchev–Trinajstić information content (AvgIpc) is 3.34. The van der Waals surface area contributed by atoms with Crippen molar-refractivity contribution < 1.29 is 24.5 Å². The summed E-state index contributed by atoms with van der Waals surface area (Å²) in [6.07, 6.45) is 6.83. The molecule has 158 valence electrons. The van der Waals surface area contributed by atoms with E-state index in [2.05, 4.69) is 4.98 Å². The van der Waals surface area contributed by atoms with Crippen LogP contribution >= 0.6 is 11.3 Å². The highest BCUT2D eigenvalue weighted by Gasteiger charge is 2.17. The summed E-state index contributed by atoms with van der Waals surface area (Å²) in [5.74, 6) is -0.828. The van der Waals surface area contributed by atoms with Crippen molar-refractivity contribution in [3.8, 4) is 16.3 Å². The van der Waals surface area contributed by atoms with Crippen LogP contribution in [0.1, 0.15) is 33.6 Å². The maximum atomic E-state index is 12.5. The lowest BCUT2D eigenvalue weighted by Crippen LogP contribution is -2.07. The minimum atomic E-state index is -1.02. The van der Waals surface area contributed by atoms with Crippen LogP contribution in [0.3, 0.4) is 0 Å². The van der Waals surface area contributed by atoms with Gasteiger partial charge in [0, 0.05) is 62.1 Å². The molecule has 2 N–H and O–H groups in total. The van der Waals surface area contributed by atoms with E-state index in [1.807, 2.05) is 0 Å². The molecule has 3 aromatic rings. The molecule has 2 aromatic heterocycles. The Morgan fingerprint density at radius 2 is 1.97 bits per heavy atom. The third kappa shape index (κ3) is 5.77. The first-order valence-electron chi connectivity index (χ1n) is 9.63. The van der Waals surface area contributed by atoms with Gasteiger partial charge in [-0.1, -0.05) is 0 Å². The number of rotatable bonds is 11. The highest BCUT2D eigenvalue weighted by molar-refractivity contribution is 7.15. The van der Waals surface area contributed by atoms with E-state index >= 15 is 0 Å². The van der Waals surface area contributed by atoms with Crippen molar-refractivity contribution in [2.75, 3.05) is 13.7 Å². The van der Waals surface area contributed by atoms with Gasteiger partial charge in [-0.25, -0.2) is 9.78 Å². The number of carbonyl (C=O) groups is 2. The number of methoxy groups -OCH3 is 1. The van der Waals surface area contributed by atoms with Crippen molar-refractivity contribution in [1.82, 2.24) is 9.55 Å². The summed E-state index contributed by atoms with van der Waals surface area (Å²) in [6, 6.07) is 6.82. The molecule has 2 heterocycles. The largest absolute Gasteiger partial charge is 0.508 e. The van der Waals surface area contributed by atoms with Crippen LogP contribution in [0.4, 0.5) is 0 Å². The fraction of sp³-hybridized carbons (Fsp3) is 0.318. The Balaban J connectivity index is 1.58. The van der Waals surface area contributed by atoms with Crippen molar-refractivity contribution in [1.29, 1.82) is 0 Å². The number of Topliss-reactive ketones (excluding diaryl/α,β-unsaturated/α-hetero) is 1. The van der Waals surface area contributed by atoms with Gasteiger partial charge in [0.25, 0.3) is 0 Å². The minimum absolute atomic E-state index is 0.00766. The smallest absolute Gasteiger partial charge is 0.337 e. The number of hydrogen-bond acceptors (Lipinski definition) is 6. The topological polar surface area (TPSA) is 102 Å². The Kier molecular flexibility index (Phi) is 7.37. The first-order chi connectivity index (χ1) is 14.5. The number of thiazole rings is 1. The molecule has 0 amide bonds. The van der Waals surface area contributed by atoms with Gasteiger partial charge in [0.15, 0.2) is 0 Å². The lowest BCUT2D eigenvalue weighted by atomic mass is 10.0. The molecular weight excluding hydrogens is 404 g/mol. The quantitative estimate of drug-likeness (QED) is 0.451. The fourth-order valence-electron chi connectivity index (χ4n) is 3.13. The first kappa shape index (κ1) is 21.7. The molecule has 3 rings (SSSR count). The first-order valence-corrected chi connectivity index (χ1v) is 10.4. The number of benzene rings is 1. The molecule has 0 aliphatic heterocycles. The molecule has 0 aliphatic rings. The molecule has 0 saturated carbocycles. The summed E-state index contributed by atoms with van der Waals surface area (Å²) in [5, 5.41) is 19.6. The number of ketones is 1. The molecule has 0 fully saturated rings. The summed E-state index contributed by atoms with van der Waals surface area (Å²) >= 11 is 1.51. The highest BCUT2D eigenvalue weighted by atomic mass is 32.1. The molecule has 30 heavy (non-hydrogen) atoms. The molecule has 0 atom stereocenters. The molecule has 0 radical (unpaired) electrons. The van der Waals surface area contributed by atoms with E-state index in [0.29, 0.717) is 31.6 Å². The highest BCUT2D eigenvalue weighted by Crippen LogP contribution is 2.27. The van der Waals surface area contributed by atoms with E-state index in [0.717, 1.165) is 21.9 Å².